The third-order valence-electron chi connectivity index (χ3n) is 2.79. The van der Waals surface area contributed by atoms with E-state index in [1.165, 1.54) is 42.5 Å². The fraction of sp³-hybridized carbons (Fsp3) is 0.0667. The number of rotatable bonds is 4. The van der Waals surface area contributed by atoms with Crippen LogP contribution >= 0.6 is 0 Å². The lowest BCUT2D eigenvalue weighted by Crippen LogP contribution is -2.28. The van der Waals surface area contributed by atoms with E-state index in [0.717, 1.165) is 13.0 Å². The summed E-state index contributed by atoms with van der Waals surface area (Å²) in [4.78, 5) is 22.7. The van der Waals surface area contributed by atoms with Crippen LogP contribution in [0.1, 0.15) is 17.3 Å². The molecule has 0 fully saturated rings. The van der Waals surface area contributed by atoms with Crippen LogP contribution < -0.4 is 10.0 Å². The molecular weight excluding hydrogens is 323 g/mol. The average Bonchev–Trinajstić information content (AvgIpc) is 2.46. The van der Waals surface area contributed by atoms with Crippen molar-refractivity contribution in [1.29, 1.82) is 0 Å². The van der Waals surface area contributed by atoms with Gasteiger partial charge in [-0.25, -0.2) is 17.5 Å². The molecule has 0 aromatic heterocycles. The largest absolute Gasteiger partial charge is 0.322 e. The number of sulfonamides is 1. The predicted octanol–water partition coefficient (Wildman–Crippen LogP) is 1.90. The topological polar surface area (TPSA) is 92.3 Å². The second-order valence-electron chi connectivity index (χ2n) is 4.65. The number of anilines is 1. The summed E-state index contributed by atoms with van der Waals surface area (Å²) < 4.78 is 38.5. The predicted molar refractivity (Wildman–Crippen MR) is 81.8 cm³/mol. The van der Waals surface area contributed by atoms with Crippen LogP contribution in [-0.2, 0) is 14.8 Å². The number of hydrogen-bond donors (Lipinski definition) is 2. The highest BCUT2D eigenvalue weighted by Gasteiger charge is 2.15. The Morgan fingerprint density at radius 3 is 2.26 bits per heavy atom. The molecule has 2 amide bonds. The fourth-order valence-electron chi connectivity index (χ4n) is 1.80. The molecule has 0 heterocycles. The lowest BCUT2D eigenvalue weighted by molar-refractivity contribution is -0.117. The second-order valence-corrected chi connectivity index (χ2v) is 6.33. The molecule has 0 aliphatic rings. The first kappa shape index (κ1) is 16.6. The highest BCUT2D eigenvalue weighted by Crippen LogP contribution is 2.15. The van der Waals surface area contributed by atoms with Gasteiger partial charge in [0.1, 0.15) is 5.82 Å². The van der Waals surface area contributed by atoms with Gasteiger partial charge < -0.3 is 5.32 Å². The summed E-state index contributed by atoms with van der Waals surface area (Å²) in [5, 5.41) is 2.52. The molecule has 8 heteroatoms. The smallest absolute Gasteiger partial charge is 0.264 e. The van der Waals surface area contributed by atoms with Gasteiger partial charge in [0.15, 0.2) is 0 Å². The molecular formula is C15H13FN2O4S. The Balaban J connectivity index is 2.14. The standard InChI is InChI=1S/C15H13FN2O4S/c1-10(19)18-23(21,22)14-7-5-13(6-8-14)17-15(20)11-3-2-4-12(16)9-11/h2-9H,1H3,(H,17,20)(H,18,19). The molecule has 0 saturated carbocycles. The van der Waals surface area contributed by atoms with Gasteiger partial charge in [0, 0.05) is 18.2 Å². The molecule has 0 radical (unpaired) electrons. The molecule has 6 nitrogen and oxygen atoms in total. The van der Waals surface area contributed by atoms with E-state index in [1.807, 2.05) is 4.72 Å². The third-order valence-corrected chi connectivity index (χ3v) is 4.24. The van der Waals surface area contributed by atoms with Crippen LogP contribution in [0, 0.1) is 5.82 Å². The van der Waals surface area contributed by atoms with Crippen molar-refractivity contribution in [1.82, 2.24) is 4.72 Å². The molecule has 0 bridgehead atoms. The van der Waals surface area contributed by atoms with Crippen LogP contribution in [0.4, 0.5) is 10.1 Å². The average molecular weight is 336 g/mol. The second kappa shape index (κ2) is 6.57. The summed E-state index contributed by atoms with van der Waals surface area (Å²) in [5.74, 6) is -1.76. The molecule has 120 valence electrons. The zero-order valence-corrected chi connectivity index (χ0v) is 12.9. The molecule has 2 N–H and O–H groups in total. The molecule has 0 aliphatic heterocycles. The van der Waals surface area contributed by atoms with Crippen LogP contribution in [0.25, 0.3) is 0 Å². The van der Waals surface area contributed by atoms with E-state index in [-0.39, 0.29) is 10.5 Å². The fourth-order valence-corrected chi connectivity index (χ4v) is 2.79. The third kappa shape index (κ3) is 4.36. The molecule has 23 heavy (non-hydrogen) atoms. The number of carbonyl (C=O) groups is 2. The van der Waals surface area contributed by atoms with Gasteiger partial charge in [-0.1, -0.05) is 6.07 Å². The Morgan fingerprint density at radius 2 is 1.70 bits per heavy atom. The quantitative estimate of drug-likeness (QED) is 0.892. The van der Waals surface area contributed by atoms with Crippen molar-refractivity contribution in [3.63, 3.8) is 0 Å². The number of nitrogens with one attached hydrogen (secondary N) is 2. The van der Waals surface area contributed by atoms with Crippen molar-refractivity contribution in [2.45, 2.75) is 11.8 Å². The SMILES string of the molecule is CC(=O)NS(=O)(=O)c1ccc(NC(=O)c2cccc(F)c2)cc1. The molecule has 0 saturated heterocycles. The maximum Gasteiger partial charge on any atom is 0.264 e. The van der Waals surface area contributed by atoms with E-state index in [4.69, 9.17) is 0 Å². The highest BCUT2D eigenvalue weighted by atomic mass is 32.2. The normalized spacial score (nSPS) is 10.9. The Labute approximate surface area is 132 Å². The van der Waals surface area contributed by atoms with Crippen molar-refractivity contribution in [2.24, 2.45) is 0 Å². The van der Waals surface area contributed by atoms with Crippen molar-refractivity contribution in [2.75, 3.05) is 5.32 Å². The molecule has 0 aliphatic carbocycles. The highest BCUT2D eigenvalue weighted by molar-refractivity contribution is 7.90. The van der Waals surface area contributed by atoms with Gasteiger partial charge in [-0.05, 0) is 42.5 Å². The summed E-state index contributed by atoms with van der Waals surface area (Å²) in [6.45, 7) is 1.09. The van der Waals surface area contributed by atoms with E-state index in [0.29, 0.717) is 5.69 Å². The van der Waals surface area contributed by atoms with Crippen molar-refractivity contribution in [3.05, 3.63) is 59.9 Å². The minimum atomic E-state index is -3.92. The maximum absolute atomic E-state index is 13.1. The van der Waals surface area contributed by atoms with Gasteiger partial charge in [-0.15, -0.1) is 0 Å². The van der Waals surface area contributed by atoms with Crippen LogP contribution in [-0.4, -0.2) is 20.2 Å². The van der Waals surface area contributed by atoms with Gasteiger partial charge in [-0.2, -0.15) is 0 Å². The minimum Gasteiger partial charge on any atom is -0.322 e. The first-order valence-electron chi connectivity index (χ1n) is 6.48. The zero-order valence-electron chi connectivity index (χ0n) is 12.0. The number of hydrogen-bond acceptors (Lipinski definition) is 4. The Bertz CT molecular complexity index is 848. The summed E-state index contributed by atoms with van der Waals surface area (Å²) in [5.41, 5.74) is 0.473. The molecule has 2 aromatic rings. The van der Waals surface area contributed by atoms with Crippen LogP contribution in [0.2, 0.25) is 0 Å². The van der Waals surface area contributed by atoms with E-state index in [9.17, 15) is 22.4 Å². The summed E-state index contributed by atoms with van der Waals surface area (Å²) >= 11 is 0. The number of amides is 2. The van der Waals surface area contributed by atoms with Crippen LogP contribution in [0.5, 0.6) is 0 Å². The molecule has 2 rings (SSSR count). The van der Waals surface area contributed by atoms with Crippen molar-refractivity contribution < 1.29 is 22.4 Å². The molecule has 0 spiro atoms. The van der Waals surface area contributed by atoms with Gasteiger partial charge >= 0.3 is 0 Å². The minimum absolute atomic E-state index is 0.114. The zero-order chi connectivity index (χ0) is 17.0. The van der Waals surface area contributed by atoms with Crippen molar-refractivity contribution in [3.8, 4) is 0 Å². The maximum atomic E-state index is 13.1. The van der Waals surface area contributed by atoms with Crippen molar-refractivity contribution >= 4 is 27.5 Å². The van der Waals surface area contributed by atoms with E-state index in [2.05, 4.69) is 5.32 Å². The summed E-state index contributed by atoms with van der Waals surface area (Å²) in [6.07, 6.45) is 0. The lowest BCUT2D eigenvalue weighted by Gasteiger charge is -2.08. The number of halogens is 1. The Kier molecular flexibility index (Phi) is 4.75. The summed E-state index contributed by atoms with van der Waals surface area (Å²) in [6, 6.07) is 10.4. The lowest BCUT2D eigenvalue weighted by atomic mass is 10.2. The van der Waals surface area contributed by atoms with E-state index in [1.54, 1.807) is 0 Å². The van der Waals surface area contributed by atoms with E-state index >= 15 is 0 Å². The summed E-state index contributed by atoms with van der Waals surface area (Å²) in [7, 11) is -3.92. The Hall–Kier alpha value is -2.74. The Morgan fingerprint density at radius 1 is 1.04 bits per heavy atom. The van der Waals surface area contributed by atoms with Gasteiger partial charge in [0.05, 0.1) is 4.90 Å². The van der Waals surface area contributed by atoms with Crippen LogP contribution in [0.15, 0.2) is 53.4 Å². The molecule has 2 aromatic carbocycles. The van der Waals surface area contributed by atoms with E-state index < -0.39 is 27.7 Å². The number of carbonyl (C=O) groups excluding carboxylic acids is 2. The van der Waals surface area contributed by atoms with Gasteiger partial charge in [0.2, 0.25) is 5.91 Å². The number of benzene rings is 2. The van der Waals surface area contributed by atoms with Crippen LogP contribution in [0.3, 0.4) is 0 Å². The monoisotopic (exact) mass is 336 g/mol. The first-order chi connectivity index (χ1) is 10.8. The molecule has 0 unspecified atom stereocenters. The first-order valence-corrected chi connectivity index (χ1v) is 7.96. The molecule has 0 atom stereocenters. The van der Waals surface area contributed by atoms with Gasteiger partial charge in [0.25, 0.3) is 15.9 Å². The van der Waals surface area contributed by atoms with Gasteiger partial charge in [-0.3, -0.25) is 9.59 Å².